The molecule has 15 heavy (non-hydrogen) atoms. The predicted molar refractivity (Wildman–Crippen MR) is 65.7 cm³/mol. The molecule has 1 heterocycles. The number of para-hydroxylation sites is 1. The highest BCUT2D eigenvalue weighted by molar-refractivity contribution is 5.83. The Morgan fingerprint density at radius 1 is 1.07 bits per heavy atom. The largest absolute Gasteiger partial charge is 0.359 e. The van der Waals surface area contributed by atoms with Crippen LogP contribution in [0, 0.1) is 12.7 Å². The number of benzene rings is 1. The van der Waals surface area contributed by atoms with Crippen molar-refractivity contribution in [3.63, 3.8) is 0 Å². The summed E-state index contributed by atoms with van der Waals surface area (Å²) in [6, 6.07) is 5.08. The van der Waals surface area contributed by atoms with Crippen LogP contribution >= 0.6 is 0 Å². The number of H-pyrrole nitrogens is 1. The molecule has 0 amide bonds. The van der Waals surface area contributed by atoms with Gasteiger partial charge in [-0.2, -0.15) is 0 Å². The standard InChI is InChI=1S/C9H8FN.2C2H6/c1-6-5-11-9-7(6)3-2-4-8(9)10;2*1-2/h2-5,11H,1H3;2*1-2H3. The summed E-state index contributed by atoms with van der Waals surface area (Å²) in [6.07, 6.45) is 1.81. The molecular weight excluding hydrogens is 189 g/mol. The molecule has 0 bridgehead atoms. The van der Waals surface area contributed by atoms with Crippen LogP contribution in [-0.4, -0.2) is 4.98 Å². The van der Waals surface area contributed by atoms with Gasteiger partial charge in [0.15, 0.2) is 0 Å². The second kappa shape index (κ2) is 7.04. The Labute approximate surface area is 91.3 Å². The maximum absolute atomic E-state index is 13.0. The van der Waals surface area contributed by atoms with Crippen molar-refractivity contribution in [2.75, 3.05) is 0 Å². The van der Waals surface area contributed by atoms with Gasteiger partial charge in [-0.3, -0.25) is 0 Å². The molecule has 0 saturated carbocycles. The Kier molecular flexibility index (Phi) is 6.43. The second-order valence-corrected chi connectivity index (χ2v) is 2.63. The maximum Gasteiger partial charge on any atom is 0.147 e. The van der Waals surface area contributed by atoms with Gasteiger partial charge in [0.25, 0.3) is 0 Å². The van der Waals surface area contributed by atoms with E-state index < -0.39 is 0 Å². The zero-order chi connectivity index (χ0) is 11.8. The van der Waals surface area contributed by atoms with Gasteiger partial charge in [-0.1, -0.05) is 39.8 Å². The third-order valence-electron chi connectivity index (χ3n) is 1.87. The Morgan fingerprint density at radius 2 is 1.67 bits per heavy atom. The van der Waals surface area contributed by atoms with E-state index in [2.05, 4.69) is 4.98 Å². The zero-order valence-electron chi connectivity index (χ0n) is 10.2. The molecule has 84 valence electrons. The van der Waals surface area contributed by atoms with E-state index in [0.29, 0.717) is 5.52 Å². The van der Waals surface area contributed by atoms with Gasteiger partial charge in [0.05, 0.1) is 5.52 Å². The number of aromatic nitrogens is 1. The third-order valence-corrected chi connectivity index (χ3v) is 1.87. The van der Waals surface area contributed by atoms with Crippen molar-refractivity contribution in [3.05, 3.63) is 35.8 Å². The summed E-state index contributed by atoms with van der Waals surface area (Å²) in [6.45, 7) is 9.96. The molecule has 0 atom stereocenters. The molecule has 1 aromatic heterocycles. The molecule has 1 nitrogen and oxygen atoms in total. The van der Waals surface area contributed by atoms with Crippen LogP contribution in [0.5, 0.6) is 0 Å². The lowest BCUT2D eigenvalue weighted by molar-refractivity contribution is 0.637. The Bertz CT molecular complexity index is 390. The van der Waals surface area contributed by atoms with Crippen LogP contribution in [0.3, 0.4) is 0 Å². The van der Waals surface area contributed by atoms with E-state index >= 15 is 0 Å². The molecule has 2 aromatic rings. The van der Waals surface area contributed by atoms with Crippen molar-refractivity contribution in [1.29, 1.82) is 0 Å². The molecule has 0 saturated heterocycles. The molecule has 2 heteroatoms. The number of fused-ring (bicyclic) bond motifs is 1. The van der Waals surface area contributed by atoms with Gasteiger partial charge < -0.3 is 4.98 Å². The number of nitrogens with one attached hydrogen (secondary N) is 1. The van der Waals surface area contributed by atoms with E-state index in [9.17, 15) is 4.39 Å². The predicted octanol–water partition coefficient (Wildman–Crippen LogP) is 4.67. The zero-order valence-corrected chi connectivity index (χ0v) is 10.2. The molecule has 0 fully saturated rings. The molecule has 0 radical (unpaired) electrons. The van der Waals surface area contributed by atoms with E-state index in [1.807, 2.05) is 46.9 Å². The Morgan fingerprint density at radius 3 is 2.20 bits per heavy atom. The van der Waals surface area contributed by atoms with E-state index in [4.69, 9.17) is 0 Å². The smallest absolute Gasteiger partial charge is 0.147 e. The molecule has 2 rings (SSSR count). The average Bonchev–Trinajstić information content (AvgIpc) is 2.68. The summed E-state index contributed by atoms with van der Waals surface area (Å²) in [5.74, 6) is -0.185. The molecule has 1 aromatic carbocycles. The third kappa shape index (κ3) is 3.08. The van der Waals surface area contributed by atoms with Crippen molar-refractivity contribution in [3.8, 4) is 0 Å². The summed E-state index contributed by atoms with van der Waals surface area (Å²) in [4.78, 5) is 2.88. The highest BCUT2D eigenvalue weighted by Gasteiger charge is 2.02. The van der Waals surface area contributed by atoms with Crippen molar-refractivity contribution in [2.45, 2.75) is 34.6 Å². The first-order chi connectivity index (χ1) is 7.29. The fraction of sp³-hybridized carbons (Fsp3) is 0.385. The van der Waals surface area contributed by atoms with Crippen molar-refractivity contribution < 1.29 is 4.39 Å². The summed E-state index contributed by atoms with van der Waals surface area (Å²) in [5.41, 5.74) is 1.68. The number of rotatable bonds is 0. The lowest BCUT2D eigenvalue weighted by atomic mass is 10.2. The number of hydrogen-bond acceptors (Lipinski definition) is 0. The van der Waals surface area contributed by atoms with E-state index in [0.717, 1.165) is 10.9 Å². The van der Waals surface area contributed by atoms with Gasteiger partial charge >= 0.3 is 0 Å². The number of aromatic amines is 1. The topological polar surface area (TPSA) is 15.8 Å². The molecule has 0 unspecified atom stereocenters. The van der Waals surface area contributed by atoms with Gasteiger partial charge in [0.2, 0.25) is 0 Å². The molecular formula is C13H20FN. The highest BCUT2D eigenvalue weighted by Crippen LogP contribution is 2.19. The molecule has 1 N–H and O–H groups in total. The quantitative estimate of drug-likeness (QED) is 0.649. The minimum atomic E-state index is -0.185. The van der Waals surface area contributed by atoms with E-state index in [-0.39, 0.29) is 5.82 Å². The lowest BCUT2D eigenvalue weighted by Gasteiger charge is -1.90. The van der Waals surface area contributed by atoms with Crippen LogP contribution in [0.2, 0.25) is 0 Å². The van der Waals surface area contributed by atoms with E-state index in [1.54, 1.807) is 6.07 Å². The van der Waals surface area contributed by atoms with Crippen LogP contribution in [0.25, 0.3) is 10.9 Å². The first-order valence-electron chi connectivity index (χ1n) is 5.51. The molecule has 0 aliphatic carbocycles. The molecule has 0 spiro atoms. The second-order valence-electron chi connectivity index (χ2n) is 2.63. The van der Waals surface area contributed by atoms with Gasteiger partial charge in [-0.25, -0.2) is 4.39 Å². The number of hydrogen-bond donors (Lipinski definition) is 1. The van der Waals surface area contributed by atoms with Crippen molar-refractivity contribution >= 4 is 10.9 Å². The summed E-state index contributed by atoms with van der Waals surface area (Å²) in [7, 11) is 0. The Hall–Kier alpha value is -1.31. The van der Waals surface area contributed by atoms with Crippen LogP contribution in [0.1, 0.15) is 33.3 Å². The normalized spacial score (nSPS) is 8.67. The summed E-state index contributed by atoms with van der Waals surface area (Å²) >= 11 is 0. The van der Waals surface area contributed by atoms with Crippen molar-refractivity contribution in [1.82, 2.24) is 4.98 Å². The monoisotopic (exact) mass is 209 g/mol. The van der Waals surface area contributed by atoms with Crippen LogP contribution in [0.4, 0.5) is 4.39 Å². The molecule has 0 aliphatic rings. The molecule has 0 aliphatic heterocycles. The van der Waals surface area contributed by atoms with E-state index in [1.165, 1.54) is 6.07 Å². The van der Waals surface area contributed by atoms with Gasteiger partial charge in [0.1, 0.15) is 5.82 Å². The summed E-state index contributed by atoms with van der Waals surface area (Å²) < 4.78 is 13.0. The fourth-order valence-corrected chi connectivity index (χ4v) is 1.26. The van der Waals surface area contributed by atoms with Crippen LogP contribution < -0.4 is 0 Å². The maximum atomic E-state index is 13.0. The average molecular weight is 209 g/mol. The summed E-state index contributed by atoms with van der Waals surface area (Å²) in [5, 5.41) is 0.963. The lowest BCUT2D eigenvalue weighted by Crippen LogP contribution is -1.75. The van der Waals surface area contributed by atoms with Crippen LogP contribution in [-0.2, 0) is 0 Å². The minimum absolute atomic E-state index is 0.185. The minimum Gasteiger partial charge on any atom is -0.359 e. The fourth-order valence-electron chi connectivity index (χ4n) is 1.26. The highest BCUT2D eigenvalue weighted by atomic mass is 19.1. The number of aryl methyl sites for hydroxylation is 1. The first-order valence-corrected chi connectivity index (χ1v) is 5.51. The Balaban J connectivity index is 0.000000442. The van der Waals surface area contributed by atoms with Gasteiger partial charge in [0, 0.05) is 11.6 Å². The number of halogens is 1. The van der Waals surface area contributed by atoms with Crippen LogP contribution in [0.15, 0.2) is 24.4 Å². The van der Waals surface area contributed by atoms with Gasteiger partial charge in [-0.15, -0.1) is 0 Å². The van der Waals surface area contributed by atoms with Gasteiger partial charge in [-0.05, 0) is 18.6 Å². The SMILES string of the molecule is CC.CC.Cc1c[nH]c2c(F)cccc12. The van der Waals surface area contributed by atoms with Crippen molar-refractivity contribution in [2.24, 2.45) is 0 Å². The first kappa shape index (κ1) is 13.7.